The van der Waals surface area contributed by atoms with Crippen LogP contribution < -0.4 is 42.5 Å². The van der Waals surface area contributed by atoms with Crippen LogP contribution in [0.4, 0.5) is 16.2 Å². The number of aromatic nitrogens is 6. The third-order valence-corrected chi connectivity index (χ3v) is 20.6. The minimum absolute atomic E-state index is 0. The fraction of sp³-hybridized carbons (Fsp3) is 0.488. The number of ether oxygens (including phenoxy) is 3. The van der Waals surface area contributed by atoms with Crippen molar-refractivity contribution in [2.24, 2.45) is 0 Å². The molecule has 6 fully saturated rings. The number of aldehydes is 1. The molecule has 107 heavy (non-hydrogen) atoms. The molecule has 8 N–H and O–H groups in total. The quantitative estimate of drug-likeness (QED) is 0.0195. The summed E-state index contributed by atoms with van der Waals surface area (Å²) in [6, 6.07) is 34.8. The molecular formula is C82H108N16O9. The molecule has 8 aromatic rings. The topological polar surface area (TPSA) is 294 Å². The second kappa shape index (κ2) is 36.8. The number of carbonyl (C=O) groups excluding carboxylic acids is 6. The van der Waals surface area contributed by atoms with E-state index in [0.717, 1.165) is 175 Å². The van der Waals surface area contributed by atoms with Gasteiger partial charge >= 0.3 is 6.09 Å². The Hall–Kier alpha value is -9.66. The first-order valence-corrected chi connectivity index (χ1v) is 37.9. The van der Waals surface area contributed by atoms with Crippen LogP contribution in [0.2, 0.25) is 0 Å². The van der Waals surface area contributed by atoms with Crippen molar-refractivity contribution in [1.29, 1.82) is 0 Å². The van der Waals surface area contributed by atoms with Crippen molar-refractivity contribution in [3.63, 3.8) is 0 Å². The molecule has 4 aromatic carbocycles. The smallest absolute Gasteiger partial charge is 0.410 e. The van der Waals surface area contributed by atoms with Crippen LogP contribution in [0.3, 0.4) is 0 Å². The number of nitrogens with one attached hydrogen (secondary N) is 8. The zero-order valence-corrected chi connectivity index (χ0v) is 62.4. The lowest BCUT2D eigenvalue weighted by atomic mass is 10.0. The number of benzene rings is 4. The molecule has 570 valence electrons. The molecule has 6 aliphatic heterocycles. The third kappa shape index (κ3) is 20.3. The molecule has 4 unspecified atom stereocenters. The molecule has 0 saturated carbocycles. The number of fused-ring (bicyclic) bond motifs is 6. The predicted octanol–water partition coefficient (Wildman–Crippen LogP) is 10.2. The summed E-state index contributed by atoms with van der Waals surface area (Å²) in [4.78, 5) is 88.7. The minimum Gasteiger partial charge on any atom is -0.444 e. The van der Waals surface area contributed by atoms with Crippen molar-refractivity contribution in [2.75, 3.05) is 63.2 Å². The normalized spacial score (nSPS) is 18.4. The fourth-order valence-electron chi connectivity index (χ4n) is 15.1. The molecule has 4 aromatic heterocycles. The highest BCUT2D eigenvalue weighted by Crippen LogP contribution is 2.35. The number of aryl methyl sites for hydroxylation is 4. The average Bonchev–Trinajstić information content (AvgIpc) is 1.67. The van der Waals surface area contributed by atoms with Gasteiger partial charge in [-0.05, 0) is 149 Å². The second-order valence-corrected chi connectivity index (χ2v) is 29.3. The zero-order chi connectivity index (χ0) is 74.3. The lowest BCUT2D eigenvalue weighted by Crippen LogP contribution is -2.48. The lowest BCUT2D eigenvalue weighted by molar-refractivity contribution is -0.131. The number of piperazine rings is 2. The van der Waals surface area contributed by atoms with E-state index < -0.39 is 0 Å². The Labute approximate surface area is 628 Å². The van der Waals surface area contributed by atoms with Crippen molar-refractivity contribution in [3.05, 3.63) is 154 Å². The minimum atomic E-state index is -0.383. The van der Waals surface area contributed by atoms with E-state index in [1.165, 1.54) is 17.5 Å². The van der Waals surface area contributed by atoms with Crippen LogP contribution in [0, 0.1) is 0 Å². The van der Waals surface area contributed by atoms with Gasteiger partial charge in [0.2, 0.25) is 23.6 Å². The summed E-state index contributed by atoms with van der Waals surface area (Å²) < 4.78 is 20.2. The molecule has 25 nitrogen and oxygen atoms in total. The maximum absolute atomic E-state index is 13.0. The highest BCUT2D eigenvalue weighted by molar-refractivity contribution is 5.98. The highest BCUT2D eigenvalue weighted by atomic mass is 16.6. The van der Waals surface area contributed by atoms with Gasteiger partial charge in [0.25, 0.3) is 0 Å². The van der Waals surface area contributed by atoms with E-state index in [-0.39, 0.29) is 87.3 Å². The van der Waals surface area contributed by atoms with Crippen LogP contribution in [-0.2, 0) is 92.0 Å². The van der Waals surface area contributed by atoms with Crippen molar-refractivity contribution in [2.45, 2.75) is 208 Å². The Morgan fingerprint density at radius 2 is 0.991 bits per heavy atom. The molecule has 25 heteroatoms. The molecule has 0 spiro atoms. The van der Waals surface area contributed by atoms with Gasteiger partial charge in [0, 0.05) is 163 Å². The molecule has 4 atom stereocenters. The Balaban J connectivity index is 0.000000180. The van der Waals surface area contributed by atoms with Crippen LogP contribution in [0.15, 0.2) is 109 Å². The maximum atomic E-state index is 13.0. The fourth-order valence-corrected chi connectivity index (χ4v) is 15.1. The van der Waals surface area contributed by atoms with Crippen LogP contribution in [0.5, 0.6) is 0 Å². The van der Waals surface area contributed by atoms with E-state index in [1.807, 2.05) is 116 Å². The van der Waals surface area contributed by atoms with E-state index in [2.05, 4.69) is 108 Å². The van der Waals surface area contributed by atoms with Crippen LogP contribution in [0.25, 0.3) is 44.3 Å². The van der Waals surface area contributed by atoms with E-state index in [9.17, 15) is 28.8 Å². The van der Waals surface area contributed by atoms with Crippen LogP contribution >= 0.6 is 0 Å². The molecule has 10 heterocycles. The number of carbonyl (C=O) groups is 6. The van der Waals surface area contributed by atoms with Gasteiger partial charge in [0.15, 0.2) is 11.3 Å². The first kappa shape index (κ1) is 78.4. The van der Waals surface area contributed by atoms with Gasteiger partial charge in [-0.25, -0.2) is 24.1 Å². The maximum Gasteiger partial charge on any atom is 0.410 e. The van der Waals surface area contributed by atoms with E-state index >= 15 is 0 Å². The molecule has 6 aliphatic rings. The van der Waals surface area contributed by atoms with Gasteiger partial charge in [0.1, 0.15) is 24.7 Å². The van der Waals surface area contributed by atoms with E-state index in [1.54, 1.807) is 6.07 Å². The predicted molar refractivity (Wildman–Crippen MR) is 416 cm³/mol. The monoisotopic (exact) mass is 1460 g/mol. The summed E-state index contributed by atoms with van der Waals surface area (Å²) in [6.45, 7) is 24.3. The number of amides is 5. The summed E-state index contributed by atoms with van der Waals surface area (Å²) in [7, 11) is 0. The third-order valence-electron chi connectivity index (χ3n) is 20.6. The van der Waals surface area contributed by atoms with Crippen molar-refractivity contribution < 1.29 is 43.0 Å². The zero-order valence-electron chi connectivity index (χ0n) is 62.4. The molecule has 4 bridgehead atoms. The Bertz CT molecular complexity index is 4400. The van der Waals surface area contributed by atoms with Crippen molar-refractivity contribution in [3.8, 4) is 22.3 Å². The van der Waals surface area contributed by atoms with Crippen LogP contribution in [0.1, 0.15) is 157 Å². The largest absolute Gasteiger partial charge is 0.444 e. The van der Waals surface area contributed by atoms with Gasteiger partial charge in [0.05, 0.1) is 34.5 Å². The van der Waals surface area contributed by atoms with Gasteiger partial charge in [-0.15, -0.1) is 0 Å². The summed E-state index contributed by atoms with van der Waals surface area (Å²) in [5.41, 5.74) is 14.8. The van der Waals surface area contributed by atoms with Crippen molar-refractivity contribution in [1.82, 2.24) is 71.2 Å². The Morgan fingerprint density at radius 3 is 1.40 bits per heavy atom. The molecule has 14 rings (SSSR count). The summed E-state index contributed by atoms with van der Waals surface area (Å²) >= 11 is 0. The average molecular weight is 1460 g/mol. The summed E-state index contributed by atoms with van der Waals surface area (Å²) in [5, 5.41) is 37.1. The number of hydrogen-bond donors (Lipinski definition) is 8. The lowest BCUT2D eigenvalue weighted by Gasteiger charge is -2.30. The molecule has 0 radical (unpaired) electrons. The Kier molecular flexibility index (Phi) is 26.9. The highest BCUT2D eigenvalue weighted by Gasteiger charge is 2.42. The molecule has 6 saturated heterocycles. The number of nitrogens with zero attached hydrogens (tertiary/aromatic N) is 8. The summed E-state index contributed by atoms with van der Waals surface area (Å²) in [6.07, 6.45) is 11.2. The van der Waals surface area contributed by atoms with Gasteiger partial charge < -0.3 is 61.6 Å². The second-order valence-electron chi connectivity index (χ2n) is 29.3. The number of rotatable bonds is 25. The summed E-state index contributed by atoms with van der Waals surface area (Å²) in [5.74, 6) is -1.36. The molecule has 0 aliphatic carbocycles. The molecule has 5 amide bonds. The number of pyridine rings is 2. The van der Waals surface area contributed by atoms with Gasteiger partial charge in [-0.3, -0.25) is 28.9 Å². The SMILES string of the molecule is C.CC(C)(C)OC(=O)N1CC2CC1CN2.CCc1nc2c(cnn2CC)c(NC2CCOCC2)c1CNC(=O)CC(=O)NCc1cccc(-c2cccc(C=O)c2)c1.CCc1nc2c(cnn2CC)c(NC2CCOCC2)c1CNC(=O)CC(=O)NCc1cccc(-c2cccc(CN3CC4CC3CN4)c2)c1. The number of hydrogen-bond acceptors (Lipinski definition) is 18. The van der Waals surface area contributed by atoms with E-state index in [4.69, 9.17) is 24.2 Å². The Morgan fingerprint density at radius 1 is 0.561 bits per heavy atom. The standard InChI is InChI=1S/C38H48N8O3.C33H38N6O4.C10H18N2O2.CH4/c1-3-34-32(37(43-29-11-13-49-14-12-29)33-22-42-46(4-2)38(33)44-34)21-41-36(48)18-35(47)40-19-25-7-5-9-27(15-25)28-10-6-8-26(16-28)23-45-24-30-17-31(45)20-39-30;1-3-29-27(32(37-26-11-13-43-14-12-26)28-20-36-39(4-2)33(28)38-29)19-35-31(42)17-30(41)34-18-22-7-5-9-24(15-22)25-10-6-8-23(16-25)21-40;1-10(2,3)14-9(13)12-6-7-4-8(12)5-11-7;/h5-10,15-16,22,29-31,39H,3-4,11-14,17-21,23-24H2,1-2H3,(H,40,47)(H,41,48)(H,43,44);5-10,15-16,20-21,26H,3-4,11-14,17-19H2,1-2H3,(H,34,41)(H,35,42)(H,37,38);7-8,11H,4-6H2,1-3H3;1H4. The molecular weight excluding hydrogens is 1350 g/mol. The number of likely N-dealkylation sites (tertiary alicyclic amines) is 2. The van der Waals surface area contributed by atoms with Crippen LogP contribution in [-0.4, -0.2) is 170 Å². The number of anilines is 2. The van der Waals surface area contributed by atoms with Crippen molar-refractivity contribution >= 4 is 69.4 Å². The van der Waals surface area contributed by atoms with E-state index in [0.29, 0.717) is 68.9 Å². The first-order valence-electron chi connectivity index (χ1n) is 37.9. The van der Waals surface area contributed by atoms with Gasteiger partial charge in [-0.1, -0.05) is 94.1 Å². The van der Waals surface area contributed by atoms with Gasteiger partial charge in [-0.2, -0.15) is 10.2 Å². The first-order chi connectivity index (χ1) is 51.4.